The van der Waals surface area contributed by atoms with Crippen molar-refractivity contribution >= 4 is 0 Å². The predicted molar refractivity (Wildman–Crippen MR) is 67.8 cm³/mol. The van der Waals surface area contributed by atoms with Crippen LogP contribution >= 0.6 is 0 Å². The van der Waals surface area contributed by atoms with Gasteiger partial charge in [0.1, 0.15) is 5.82 Å². The highest BCUT2D eigenvalue weighted by atomic mass is 19.1. The monoisotopic (exact) mass is 253 g/mol. The summed E-state index contributed by atoms with van der Waals surface area (Å²) < 4.78 is 18.1. The quantitative estimate of drug-likeness (QED) is 0.859. The van der Waals surface area contributed by atoms with Gasteiger partial charge in [0.15, 0.2) is 0 Å². The van der Waals surface area contributed by atoms with Crippen LogP contribution in [0.15, 0.2) is 24.3 Å². The Morgan fingerprint density at radius 2 is 1.94 bits per heavy atom. The van der Waals surface area contributed by atoms with Crippen LogP contribution in [0.2, 0.25) is 0 Å². The molecule has 0 saturated carbocycles. The Bertz CT molecular complexity index is 372. The number of halogens is 1. The molecule has 18 heavy (non-hydrogen) atoms. The van der Waals surface area contributed by atoms with Crippen LogP contribution in [-0.4, -0.2) is 30.9 Å². The van der Waals surface area contributed by atoms with Gasteiger partial charge in [0.25, 0.3) is 0 Å². The molecule has 0 radical (unpaired) electrons. The molecule has 1 aromatic rings. The molecule has 4 heteroatoms. The number of rotatable bonds is 4. The maximum atomic E-state index is 12.8. The third kappa shape index (κ3) is 3.51. The van der Waals surface area contributed by atoms with Gasteiger partial charge in [0.05, 0.1) is 5.60 Å². The lowest BCUT2D eigenvalue weighted by molar-refractivity contribution is 0.0382. The van der Waals surface area contributed by atoms with Crippen molar-refractivity contribution in [2.24, 2.45) is 0 Å². The van der Waals surface area contributed by atoms with Crippen molar-refractivity contribution in [1.82, 2.24) is 5.32 Å². The fourth-order valence-electron chi connectivity index (χ4n) is 2.16. The topological polar surface area (TPSA) is 41.5 Å². The van der Waals surface area contributed by atoms with Gasteiger partial charge in [-0.2, -0.15) is 0 Å². The third-order valence-corrected chi connectivity index (χ3v) is 3.42. The minimum absolute atomic E-state index is 0.285. The van der Waals surface area contributed by atoms with Gasteiger partial charge in [0, 0.05) is 25.8 Å². The van der Waals surface area contributed by atoms with Crippen molar-refractivity contribution in [2.75, 3.05) is 19.8 Å². The molecule has 0 aliphatic carbocycles. The van der Waals surface area contributed by atoms with Gasteiger partial charge in [-0.1, -0.05) is 12.1 Å². The number of aliphatic hydroxyl groups is 1. The van der Waals surface area contributed by atoms with E-state index >= 15 is 0 Å². The van der Waals surface area contributed by atoms with Crippen LogP contribution in [0.5, 0.6) is 0 Å². The molecule has 1 unspecified atom stereocenters. The minimum atomic E-state index is -0.980. The normalized spacial score (nSPS) is 20.6. The molecule has 0 aromatic heterocycles. The summed E-state index contributed by atoms with van der Waals surface area (Å²) in [5.74, 6) is -0.285. The third-order valence-electron chi connectivity index (χ3n) is 3.42. The molecule has 1 saturated heterocycles. The van der Waals surface area contributed by atoms with E-state index in [0.717, 1.165) is 31.6 Å². The molecule has 100 valence electrons. The first-order valence-electron chi connectivity index (χ1n) is 6.37. The predicted octanol–water partition coefficient (Wildman–Crippen LogP) is 1.80. The number of nitrogens with one attached hydrogen (secondary N) is 1. The van der Waals surface area contributed by atoms with E-state index in [1.54, 1.807) is 19.1 Å². The van der Waals surface area contributed by atoms with Crippen LogP contribution in [0.4, 0.5) is 4.39 Å². The van der Waals surface area contributed by atoms with E-state index in [4.69, 9.17) is 4.74 Å². The minimum Gasteiger partial charge on any atom is -0.384 e. The molecule has 1 aliphatic rings. The first-order valence-corrected chi connectivity index (χ1v) is 6.37. The summed E-state index contributed by atoms with van der Waals surface area (Å²) in [6.07, 6.45) is 1.94. The standard InChI is InChI=1S/C14H20FNO2/c1-14(17,11-2-4-12(15)5-3-11)10-16-13-6-8-18-9-7-13/h2-5,13,16-17H,6-10H2,1H3. The van der Waals surface area contributed by atoms with E-state index < -0.39 is 5.60 Å². The average Bonchev–Trinajstić information content (AvgIpc) is 2.38. The first kappa shape index (κ1) is 13.5. The summed E-state index contributed by atoms with van der Waals surface area (Å²) in [6, 6.07) is 6.39. The fraction of sp³-hybridized carbons (Fsp3) is 0.571. The second-order valence-electron chi connectivity index (χ2n) is 5.05. The van der Waals surface area contributed by atoms with Crippen molar-refractivity contribution in [3.05, 3.63) is 35.6 Å². The Kier molecular flexibility index (Phi) is 4.32. The zero-order chi connectivity index (χ0) is 13.0. The van der Waals surface area contributed by atoms with E-state index in [-0.39, 0.29) is 5.82 Å². The largest absolute Gasteiger partial charge is 0.384 e. The van der Waals surface area contributed by atoms with Crippen LogP contribution < -0.4 is 5.32 Å². The van der Waals surface area contributed by atoms with Crippen molar-refractivity contribution < 1.29 is 14.2 Å². The zero-order valence-electron chi connectivity index (χ0n) is 10.7. The molecule has 2 N–H and O–H groups in total. The van der Waals surface area contributed by atoms with Gasteiger partial charge in [0.2, 0.25) is 0 Å². The smallest absolute Gasteiger partial charge is 0.123 e. The Labute approximate surface area is 107 Å². The van der Waals surface area contributed by atoms with Crippen LogP contribution in [0.25, 0.3) is 0 Å². The van der Waals surface area contributed by atoms with Gasteiger partial charge in [-0.3, -0.25) is 0 Å². The lowest BCUT2D eigenvalue weighted by atomic mass is 9.95. The highest BCUT2D eigenvalue weighted by Crippen LogP contribution is 2.20. The second kappa shape index (κ2) is 5.78. The number of ether oxygens (including phenoxy) is 1. The van der Waals surface area contributed by atoms with Crippen LogP contribution in [0.1, 0.15) is 25.3 Å². The van der Waals surface area contributed by atoms with E-state index in [1.807, 2.05) is 0 Å². The molecule has 0 spiro atoms. The molecule has 1 fully saturated rings. The van der Waals surface area contributed by atoms with Crippen molar-refractivity contribution in [3.63, 3.8) is 0 Å². The van der Waals surface area contributed by atoms with Gasteiger partial charge >= 0.3 is 0 Å². The van der Waals surface area contributed by atoms with E-state index in [9.17, 15) is 9.50 Å². The molecule has 1 atom stereocenters. The molecule has 0 bridgehead atoms. The Morgan fingerprint density at radius 3 is 2.56 bits per heavy atom. The second-order valence-corrected chi connectivity index (χ2v) is 5.05. The molecule has 0 amide bonds. The molecular weight excluding hydrogens is 233 g/mol. The maximum absolute atomic E-state index is 12.8. The van der Waals surface area contributed by atoms with E-state index in [1.165, 1.54) is 12.1 Å². The molecule has 1 heterocycles. The summed E-state index contributed by atoms with van der Waals surface area (Å²) in [7, 11) is 0. The Morgan fingerprint density at radius 1 is 1.33 bits per heavy atom. The number of hydrogen-bond acceptors (Lipinski definition) is 3. The van der Waals surface area contributed by atoms with Crippen LogP contribution in [0.3, 0.4) is 0 Å². The zero-order valence-corrected chi connectivity index (χ0v) is 10.7. The molecule has 1 aliphatic heterocycles. The Hall–Kier alpha value is -0.970. The van der Waals surface area contributed by atoms with Gasteiger partial charge in [-0.25, -0.2) is 4.39 Å². The van der Waals surface area contributed by atoms with Crippen molar-refractivity contribution in [3.8, 4) is 0 Å². The summed E-state index contributed by atoms with van der Waals surface area (Å²) >= 11 is 0. The SMILES string of the molecule is CC(O)(CNC1CCOCC1)c1ccc(F)cc1. The van der Waals surface area contributed by atoms with E-state index in [0.29, 0.717) is 12.6 Å². The summed E-state index contributed by atoms with van der Waals surface area (Å²) in [5, 5.41) is 13.7. The summed E-state index contributed by atoms with van der Waals surface area (Å²) in [5.41, 5.74) is -0.255. The van der Waals surface area contributed by atoms with Gasteiger partial charge in [-0.15, -0.1) is 0 Å². The van der Waals surface area contributed by atoms with E-state index in [2.05, 4.69) is 5.32 Å². The number of benzene rings is 1. The molecular formula is C14H20FNO2. The molecule has 2 rings (SSSR count). The highest BCUT2D eigenvalue weighted by Gasteiger charge is 2.24. The fourth-order valence-corrected chi connectivity index (χ4v) is 2.16. The maximum Gasteiger partial charge on any atom is 0.123 e. The molecule has 3 nitrogen and oxygen atoms in total. The van der Waals surface area contributed by atoms with Crippen molar-refractivity contribution in [1.29, 1.82) is 0 Å². The van der Waals surface area contributed by atoms with Gasteiger partial charge in [-0.05, 0) is 37.5 Å². The summed E-state index contributed by atoms with van der Waals surface area (Å²) in [6.45, 7) is 3.75. The molecule has 1 aromatic carbocycles. The van der Waals surface area contributed by atoms with Crippen LogP contribution in [0, 0.1) is 5.82 Å². The summed E-state index contributed by atoms with van der Waals surface area (Å²) in [4.78, 5) is 0. The lowest BCUT2D eigenvalue weighted by Gasteiger charge is -2.29. The Balaban J connectivity index is 1.91. The average molecular weight is 253 g/mol. The lowest BCUT2D eigenvalue weighted by Crippen LogP contribution is -2.43. The number of hydrogen-bond donors (Lipinski definition) is 2. The van der Waals surface area contributed by atoms with Gasteiger partial charge < -0.3 is 15.2 Å². The highest BCUT2D eigenvalue weighted by molar-refractivity contribution is 5.22. The van der Waals surface area contributed by atoms with Crippen LogP contribution in [-0.2, 0) is 10.3 Å². The van der Waals surface area contributed by atoms with Crippen molar-refractivity contribution in [2.45, 2.75) is 31.4 Å². The first-order chi connectivity index (χ1) is 8.58.